The van der Waals surface area contributed by atoms with E-state index in [-0.39, 0.29) is 0 Å². The van der Waals surface area contributed by atoms with Gasteiger partial charge in [0.1, 0.15) is 5.69 Å². The summed E-state index contributed by atoms with van der Waals surface area (Å²) in [7, 11) is 1.85. The summed E-state index contributed by atoms with van der Waals surface area (Å²) in [5.74, 6) is 0.593. The third-order valence-corrected chi connectivity index (χ3v) is 3.34. The van der Waals surface area contributed by atoms with Crippen molar-refractivity contribution >= 4 is 17.2 Å². The molecule has 3 aromatic rings. The second-order valence-corrected chi connectivity index (χ2v) is 4.53. The van der Waals surface area contributed by atoms with Crippen molar-refractivity contribution in [3.05, 3.63) is 28.5 Å². The van der Waals surface area contributed by atoms with Crippen molar-refractivity contribution in [1.82, 2.24) is 29.6 Å². The van der Waals surface area contributed by atoms with E-state index >= 15 is 0 Å². The van der Waals surface area contributed by atoms with Gasteiger partial charge in [-0.1, -0.05) is 11.6 Å². The van der Waals surface area contributed by atoms with Gasteiger partial charge in [-0.2, -0.15) is 14.7 Å². The molecule has 0 saturated heterocycles. The molecule has 92 valence electrons. The summed E-state index contributed by atoms with van der Waals surface area (Å²) in [4.78, 5) is 0. The van der Waals surface area contributed by atoms with Gasteiger partial charge in [0, 0.05) is 18.8 Å². The predicted molar refractivity (Wildman–Crippen MR) is 67.5 cm³/mol. The van der Waals surface area contributed by atoms with Crippen molar-refractivity contribution in [2.45, 2.75) is 13.8 Å². The van der Waals surface area contributed by atoms with E-state index in [4.69, 9.17) is 11.6 Å². The lowest BCUT2D eigenvalue weighted by molar-refractivity contribution is 0.766. The first kappa shape index (κ1) is 11.2. The zero-order valence-electron chi connectivity index (χ0n) is 10.2. The summed E-state index contributed by atoms with van der Waals surface area (Å²) in [5, 5.41) is 17.3. The van der Waals surface area contributed by atoms with Gasteiger partial charge in [0.25, 0.3) is 0 Å². The van der Waals surface area contributed by atoms with Crippen LogP contribution in [0.25, 0.3) is 17.2 Å². The molecule has 7 heteroatoms. The van der Waals surface area contributed by atoms with Crippen molar-refractivity contribution in [3.8, 4) is 11.5 Å². The summed E-state index contributed by atoms with van der Waals surface area (Å²) < 4.78 is 3.34. The Hall–Kier alpha value is -1.95. The van der Waals surface area contributed by atoms with E-state index in [1.54, 1.807) is 9.20 Å². The lowest BCUT2D eigenvalue weighted by Gasteiger charge is -2.03. The molecule has 0 N–H and O–H groups in total. The number of halogens is 1. The average Bonchev–Trinajstić information content (AvgIpc) is 2.92. The van der Waals surface area contributed by atoms with Gasteiger partial charge in [0.2, 0.25) is 5.82 Å². The number of fused-ring (bicyclic) bond motifs is 1. The van der Waals surface area contributed by atoms with E-state index in [2.05, 4.69) is 20.4 Å². The molecule has 3 aromatic heterocycles. The highest BCUT2D eigenvalue weighted by molar-refractivity contribution is 6.30. The van der Waals surface area contributed by atoms with Crippen LogP contribution in [-0.4, -0.2) is 29.6 Å². The average molecular weight is 263 g/mol. The molecule has 0 fully saturated rings. The van der Waals surface area contributed by atoms with Crippen LogP contribution < -0.4 is 0 Å². The van der Waals surface area contributed by atoms with Crippen LogP contribution in [0.3, 0.4) is 0 Å². The van der Waals surface area contributed by atoms with Gasteiger partial charge in [0.15, 0.2) is 10.8 Å². The van der Waals surface area contributed by atoms with Crippen molar-refractivity contribution in [2.75, 3.05) is 0 Å². The van der Waals surface area contributed by atoms with Crippen molar-refractivity contribution in [2.24, 2.45) is 7.05 Å². The smallest absolute Gasteiger partial charge is 0.205 e. The first-order valence-electron chi connectivity index (χ1n) is 5.46. The normalized spacial score (nSPS) is 11.3. The van der Waals surface area contributed by atoms with Gasteiger partial charge >= 0.3 is 0 Å². The molecule has 0 spiro atoms. The molecule has 0 radical (unpaired) electrons. The zero-order valence-corrected chi connectivity index (χ0v) is 11.0. The highest BCUT2D eigenvalue weighted by Gasteiger charge is 2.16. The van der Waals surface area contributed by atoms with Crippen LogP contribution in [-0.2, 0) is 7.05 Å². The monoisotopic (exact) mass is 262 g/mol. The molecule has 0 amide bonds. The molecule has 0 unspecified atom stereocenters. The maximum Gasteiger partial charge on any atom is 0.205 e. The third-order valence-electron chi connectivity index (χ3n) is 2.98. The minimum absolute atomic E-state index is 0.456. The van der Waals surface area contributed by atoms with Crippen molar-refractivity contribution in [3.63, 3.8) is 0 Å². The number of aryl methyl sites for hydroxylation is 2. The molecule has 0 aliphatic rings. The minimum atomic E-state index is 0.456. The number of rotatable bonds is 1. The number of aromatic nitrogens is 6. The van der Waals surface area contributed by atoms with Crippen LogP contribution in [0.2, 0.25) is 5.15 Å². The number of nitrogens with zero attached hydrogens (tertiary/aromatic N) is 6. The fourth-order valence-corrected chi connectivity index (χ4v) is 2.00. The molecular weight excluding hydrogens is 252 g/mol. The Morgan fingerprint density at radius 1 is 1.11 bits per heavy atom. The minimum Gasteiger partial charge on any atom is -0.275 e. The van der Waals surface area contributed by atoms with Crippen LogP contribution in [0.15, 0.2) is 12.3 Å². The van der Waals surface area contributed by atoms with E-state index in [1.165, 1.54) is 0 Å². The Labute approximate surface area is 108 Å². The maximum absolute atomic E-state index is 6.10. The second-order valence-electron chi connectivity index (χ2n) is 4.17. The summed E-state index contributed by atoms with van der Waals surface area (Å²) in [6.07, 6.45) is 1.85. The van der Waals surface area contributed by atoms with Gasteiger partial charge in [0.05, 0.1) is 0 Å². The summed E-state index contributed by atoms with van der Waals surface area (Å²) >= 11 is 6.10. The quantitative estimate of drug-likeness (QED) is 0.671. The Bertz CT molecular complexity index is 741. The van der Waals surface area contributed by atoms with Gasteiger partial charge in [-0.15, -0.1) is 10.2 Å². The number of hydrogen-bond donors (Lipinski definition) is 0. The fraction of sp³-hybridized carbons (Fsp3) is 0.273. The molecule has 3 rings (SSSR count). The molecule has 3 heterocycles. The van der Waals surface area contributed by atoms with E-state index < -0.39 is 0 Å². The van der Waals surface area contributed by atoms with E-state index in [1.807, 2.05) is 33.2 Å². The lowest BCUT2D eigenvalue weighted by atomic mass is 10.2. The molecule has 0 bridgehead atoms. The molecular formula is C11H11ClN6. The second kappa shape index (κ2) is 3.78. The Kier molecular flexibility index (Phi) is 2.34. The molecule has 0 saturated carbocycles. The molecule has 6 nitrogen and oxygen atoms in total. The van der Waals surface area contributed by atoms with Gasteiger partial charge in [-0.05, 0) is 25.5 Å². The third kappa shape index (κ3) is 1.49. The first-order chi connectivity index (χ1) is 8.58. The maximum atomic E-state index is 6.10. The molecule has 0 aliphatic heterocycles. The zero-order chi connectivity index (χ0) is 12.9. The standard InChI is InChI=1S/C11H11ClN6/c1-6-7(2)10-13-14-11(18(10)16-9(6)12)8-4-5-17(3)15-8/h4-5H,1-3H3. The van der Waals surface area contributed by atoms with Gasteiger partial charge < -0.3 is 0 Å². The van der Waals surface area contributed by atoms with Crippen molar-refractivity contribution in [1.29, 1.82) is 0 Å². The molecule has 0 atom stereocenters. The van der Waals surface area contributed by atoms with E-state index in [0.29, 0.717) is 16.6 Å². The molecule has 0 aliphatic carbocycles. The van der Waals surface area contributed by atoms with Crippen LogP contribution in [0.4, 0.5) is 0 Å². The topological polar surface area (TPSA) is 60.9 Å². The van der Waals surface area contributed by atoms with Crippen LogP contribution in [0.5, 0.6) is 0 Å². The molecule has 0 aromatic carbocycles. The SMILES string of the molecule is Cc1c(Cl)nn2c(-c3ccn(C)n3)nnc2c1C. The van der Waals surface area contributed by atoms with E-state index in [0.717, 1.165) is 16.8 Å². The Balaban J connectivity index is 2.33. The van der Waals surface area contributed by atoms with Gasteiger partial charge in [-0.3, -0.25) is 4.68 Å². The van der Waals surface area contributed by atoms with Crippen LogP contribution in [0.1, 0.15) is 11.1 Å². The Morgan fingerprint density at radius 3 is 2.56 bits per heavy atom. The fourth-order valence-electron chi connectivity index (χ4n) is 1.79. The first-order valence-corrected chi connectivity index (χ1v) is 5.84. The van der Waals surface area contributed by atoms with Gasteiger partial charge in [-0.25, -0.2) is 0 Å². The van der Waals surface area contributed by atoms with E-state index in [9.17, 15) is 0 Å². The highest BCUT2D eigenvalue weighted by atomic mass is 35.5. The lowest BCUT2D eigenvalue weighted by Crippen LogP contribution is -2.00. The Morgan fingerprint density at radius 2 is 1.89 bits per heavy atom. The van der Waals surface area contributed by atoms with Crippen molar-refractivity contribution < 1.29 is 0 Å². The van der Waals surface area contributed by atoms with Crippen LogP contribution in [0, 0.1) is 13.8 Å². The summed E-state index contributed by atoms with van der Waals surface area (Å²) in [6.45, 7) is 3.87. The molecule has 18 heavy (non-hydrogen) atoms. The van der Waals surface area contributed by atoms with Crippen LogP contribution >= 0.6 is 11.6 Å². The predicted octanol–water partition coefficient (Wildman–Crippen LogP) is 1.80. The largest absolute Gasteiger partial charge is 0.275 e. The number of hydrogen-bond acceptors (Lipinski definition) is 4. The summed E-state index contributed by atoms with van der Waals surface area (Å²) in [5.41, 5.74) is 3.32. The summed E-state index contributed by atoms with van der Waals surface area (Å²) in [6, 6.07) is 1.86. The highest BCUT2D eigenvalue weighted by Crippen LogP contribution is 2.22.